The van der Waals surface area contributed by atoms with E-state index in [0.29, 0.717) is 22.6 Å². The van der Waals surface area contributed by atoms with E-state index in [2.05, 4.69) is 10.5 Å². The van der Waals surface area contributed by atoms with E-state index in [1.165, 1.54) is 18.3 Å². The molecule has 0 fully saturated rings. The largest absolute Gasteiger partial charge is 0.497 e. The molecule has 3 rings (SSSR count). The van der Waals surface area contributed by atoms with Gasteiger partial charge in [-0.25, -0.2) is 5.43 Å². The number of carbonyl (C=O) groups is 1. The summed E-state index contributed by atoms with van der Waals surface area (Å²) in [7, 11) is 1.56. The number of methoxy groups -OCH3 is 1. The normalized spacial score (nSPS) is 10.6. The number of benzene rings is 3. The summed E-state index contributed by atoms with van der Waals surface area (Å²) in [6.45, 7) is 0.237. The van der Waals surface area contributed by atoms with Crippen molar-refractivity contribution in [1.29, 1.82) is 0 Å². The molecule has 0 aliphatic rings. The van der Waals surface area contributed by atoms with Gasteiger partial charge >= 0.3 is 0 Å². The second-order valence-electron chi connectivity index (χ2n) is 6.18. The van der Waals surface area contributed by atoms with Crippen LogP contribution in [-0.4, -0.2) is 24.2 Å². The van der Waals surface area contributed by atoms with Crippen molar-refractivity contribution in [2.45, 2.75) is 6.61 Å². The van der Waals surface area contributed by atoms with E-state index in [9.17, 15) is 14.9 Å². The highest BCUT2D eigenvalue weighted by molar-refractivity contribution is 5.95. The zero-order valence-corrected chi connectivity index (χ0v) is 16.1. The Hall–Kier alpha value is -4.20. The van der Waals surface area contributed by atoms with E-state index in [4.69, 9.17) is 9.47 Å². The van der Waals surface area contributed by atoms with Crippen LogP contribution in [0.1, 0.15) is 21.5 Å². The maximum atomic E-state index is 12.2. The van der Waals surface area contributed by atoms with Crippen LogP contribution >= 0.6 is 0 Å². The van der Waals surface area contributed by atoms with Gasteiger partial charge in [0.2, 0.25) is 0 Å². The third-order valence-corrected chi connectivity index (χ3v) is 4.18. The van der Waals surface area contributed by atoms with Gasteiger partial charge in [-0.05, 0) is 54.1 Å². The first-order chi connectivity index (χ1) is 14.6. The quantitative estimate of drug-likeness (QED) is 0.347. The number of nitrogens with zero attached hydrogens (tertiary/aromatic N) is 2. The molecule has 0 aliphatic heterocycles. The van der Waals surface area contributed by atoms with E-state index >= 15 is 0 Å². The minimum Gasteiger partial charge on any atom is -0.497 e. The Morgan fingerprint density at radius 2 is 1.77 bits per heavy atom. The van der Waals surface area contributed by atoms with E-state index in [1.807, 2.05) is 12.1 Å². The summed E-state index contributed by atoms with van der Waals surface area (Å²) in [5.41, 5.74) is 4.42. The maximum absolute atomic E-state index is 12.2. The number of hydrogen-bond donors (Lipinski definition) is 1. The Balaban J connectivity index is 1.61. The standard InChI is InChI=1S/C22H19N3O5/c1-29-20-12-8-17(9-13-20)22(26)24-23-14-18-4-2-3-5-21(18)30-15-16-6-10-19(11-7-16)25(27)28/h2-14H,15H2,1H3,(H,24,26)/b23-14-. The van der Waals surface area contributed by atoms with Crippen molar-refractivity contribution < 1.29 is 19.2 Å². The minimum atomic E-state index is -0.448. The lowest BCUT2D eigenvalue weighted by Gasteiger charge is -2.09. The first-order valence-corrected chi connectivity index (χ1v) is 8.99. The van der Waals surface area contributed by atoms with Crippen LogP contribution in [0.4, 0.5) is 5.69 Å². The minimum absolute atomic E-state index is 0.0267. The third-order valence-electron chi connectivity index (χ3n) is 4.18. The smallest absolute Gasteiger partial charge is 0.271 e. The van der Waals surface area contributed by atoms with Gasteiger partial charge in [0.1, 0.15) is 18.1 Å². The number of non-ortho nitro benzene ring substituents is 1. The van der Waals surface area contributed by atoms with Crippen molar-refractivity contribution in [3.05, 3.63) is 99.6 Å². The predicted molar refractivity (Wildman–Crippen MR) is 112 cm³/mol. The zero-order valence-electron chi connectivity index (χ0n) is 16.1. The molecule has 0 saturated carbocycles. The fraction of sp³-hybridized carbons (Fsp3) is 0.0909. The first-order valence-electron chi connectivity index (χ1n) is 8.99. The summed E-state index contributed by atoms with van der Waals surface area (Å²) < 4.78 is 10.9. The van der Waals surface area contributed by atoms with E-state index in [-0.39, 0.29) is 18.2 Å². The SMILES string of the molecule is COc1ccc(C(=O)N/N=C\c2ccccc2OCc2ccc([N+](=O)[O-])cc2)cc1. The van der Waals surface area contributed by atoms with Crippen LogP contribution in [0.5, 0.6) is 11.5 Å². The van der Waals surface area contributed by atoms with Gasteiger partial charge < -0.3 is 9.47 Å². The zero-order chi connectivity index (χ0) is 21.3. The van der Waals surface area contributed by atoms with Gasteiger partial charge in [-0.1, -0.05) is 12.1 Å². The van der Waals surface area contributed by atoms with Crippen molar-refractivity contribution in [3.8, 4) is 11.5 Å². The van der Waals surface area contributed by atoms with Crippen LogP contribution in [0.15, 0.2) is 77.9 Å². The summed E-state index contributed by atoms with van der Waals surface area (Å²) in [6.07, 6.45) is 1.49. The number of hydrogen-bond acceptors (Lipinski definition) is 6. The molecule has 1 N–H and O–H groups in total. The van der Waals surface area contributed by atoms with Gasteiger partial charge in [0.25, 0.3) is 11.6 Å². The average Bonchev–Trinajstić information content (AvgIpc) is 2.78. The molecule has 0 spiro atoms. The number of hydrazone groups is 1. The van der Waals surface area contributed by atoms with Gasteiger partial charge in [-0.3, -0.25) is 14.9 Å². The molecule has 0 atom stereocenters. The lowest BCUT2D eigenvalue weighted by Crippen LogP contribution is -2.17. The van der Waals surface area contributed by atoms with Crippen molar-refractivity contribution in [3.63, 3.8) is 0 Å². The highest BCUT2D eigenvalue weighted by atomic mass is 16.6. The summed E-state index contributed by atoms with van der Waals surface area (Å²) in [4.78, 5) is 22.4. The molecular weight excluding hydrogens is 386 g/mol. The molecule has 0 saturated heterocycles. The lowest BCUT2D eigenvalue weighted by molar-refractivity contribution is -0.384. The summed E-state index contributed by atoms with van der Waals surface area (Å²) >= 11 is 0. The molecule has 0 aromatic heterocycles. The topological polar surface area (TPSA) is 103 Å². The number of nitro groups is 1. The molecule has 0 bridgehead atoms. The number of nitro benzene ring substituents is 1. The van der Waals surface area contributed by atoms with Crippen molar-refractivity contribution in [2.75, 3.05) is 7.11 Å². The fourth-order valence-electron chi connectivity index (χ4n) is 2.56. The molecule has 152 valence electrons. The van der Waals surface area contributed by atoms with Crippen LogP contribution in [-0.2, 0) is 6.61 Å². The fourth-order valence-corrected chi connectivity index (χ4v) is 2.56. The Morgan fingerprint density at radius 1 is 1.07 bits per heavy atom. The Bertz CT molecular complexity index is 1050. The van der Waals surface area contributed by atoms with E-state index < -0.39 is 4.92 Å². The Morgan fingerprint density at radius 3 is 2.43 bits per heavy atom. The van der Waals surface area contributed by atoms with Crippen LogP contribution < -0.4 is 14.9 Å². The molecule has 0 aliphatic carbocycles. The number of para-hydroxylation sites is 1. The molecule has 0 unspecified atom stereocenters. The van der Waals surface area contributed by atoms with Crippen molar-refractivity contribution >= 4 is 17.8 Å². The molecule has 30 heavy (non-hydrogen) atoms. The van der Waals surface area contributed by atoms with Gasteiger partial charge in [-0.15, -0.1) is 0 Å². The van der Waals surface area contributed by atoms with Gasteiger partial charge in [0.05, 0.1) is 18.2 Å². The number of ether oxygens (including phenoxy) is 2. The number of amides is 1. The van der Waals surface area contributed by atoms with Crippen LogP contribution in [0.25, 0.3) is 0 Å². The van der Waals surface area contributed by atoms with Crippen LogP contribution in [0, 0.1) is 10.1 Å². The maximum Gasteiger partial charge on any atom is 0.271 e. The average molecular weight is 405 g/mol. The molecular formula is C22H19N3O5. The number of carbonyl (C=O) groups excluding carboxylic acids is 1. The first kappa shape index (κ1) is 20.5. The van der Waals surface area contributed by atoms with E-state index in [1.54, 1.807) is 55.6 Å². The number of rotatable bonds is 8. The lowest BCUT2D eigenvalue weighted by atomic mass is 10.2. The second-order valence-corrected chi connectivity index (χ2v) is 6.18. The van der Waals surface area contributed by atoms with Gasteiger partial charge in [0.15, 0.2) is 0 Å². The predicted octanol–water partition coefficient (Wildman–Crippen LogP) is 3.95. The number of nitrogens with one attached hydrogen (secondary N) is 1. The van der Waals surface area contributed by atoms with E-state index in [0.717, 1.165) is 5.56 Å². The Kier molecular flexibility index (Phi) is 6.73. The second kappa shape index (κ2) is 9.83. The summed E-state index contributed by atoms with van der Waals surface area (Å²) in [5.74, 6) is 0.880. The monoisotopic (exact) mass is 405 g/mol. The molecule has 8 nitrogen and oxygen atoms in total. The Labute approximate surface area is 172 Å². The molecule has 0 radical (unpaired) electrons. The molecule has 3 aromatic rings. The molecule has 0 heterocycles. The third kappa shape index (κ3) is 5.41. The molecule has 8 heteroatoms. The van der Waals surface area contributed by atoms with Gasteiger partial charge in [0, 0.05) is 23.3 Å². The highest BCUT2D eigenvalue weighted by Gasteiger charge is 2.07. The molecule has 1 amide bonds. The van der Waals surface area contributed by atoms with Crippen LogP contribution in [0.3, 0.4) is 0 Å². The molecule has 3 aromatic carbocycles. The van der Waals surface area contributed by atoms with Crippen molar-refractivity contribution in [1.82, 2.24) is 5.43 Å². The van der Waals surface area contributed by atoms with Crippen LogP contribution in [0.2, 0.25) is 0 Å². The van der Waals surface area contributed by atoms with Gasteiger partial charge in [-0.2, -0.15) is 5.10 Å². The summed E-state index contributed by atoms with van der Waals surface area (Å²) in [5, 5.41) is 14.7. The summed E-state index contributed by atoms with van der Waals surface area (Å²) in [6, 6.07) is 20.0. The van der Waals surface area contributed by atoms with Crippen molar-refractivity contribution in [2.24, 2.45) is 5.10 Å². The highest BCUT2D eigenvalue weighted by Crippen LogP contribution is 2.19.